The molecule has 3 fully saturated rings. The summed E-state index contributed by atoms with van der Waals surface area (Å²) in [6.07, 6.45) is 8.16. The fraction of sp³-hybridized carbons (Fsp3) is 0.548. The van der Waals surface area contributed by atoms with Gasteiger partial charge in [0.1, 0.15) is 18.0 Å². The van der Waals surface area contributed by atoms with Gasteiger partial charge >= 0.3 is 0 Å². The Balaban J connectivity index is 1.15. The highest BCUT2D eigenvalue weighted by atomic mass is 16.5. The minimum atomic E-state index is -0.240. The largest absolute Gasteiger partial charge is 0.489 e. The van der Waals surface area contributed by atoms with Crippen LogP contribution >= 0.6 is 0 Å². The molecule has 7 rings (SSSR count). The van der Waals surface area contributed by atoms with Crippen molar-refractivity contribution in [2.75, 3.05) is 49.5 Å². The molecule has 1 aliphatic carbocycles. The van der Waals surface area contributed by atoms with Crippen molar-refractivity contribution in [2.24, 2.45) is 0 Å². The van der Waals surface area contributed by atoms with Crippen molar-refractivity contribution >= 4 is 34.1 Å². The van der Waals surface area contributed by atoms with Crippen LogP contribution < -0.4 is 25.8 Å². The quantitative estimate of drug-likeness (QED) is 0.454. The van der Waals surface area contributed by atoms with Gasteiger partial charge in [-0.25, -0.2) is 4.98 Å². The number of nitrogens with one attached hydrogen (secondary N) is 2. The van der Waals surface area contributed by atoms with E-state index in [0.29, 0.717) is 35.8 Å². The number of anilines is 3. The molecular weight excluding hydrogens is 518 g/mol. The summed E-state index contributed by atoms with van der Waals surface area (Å²) in [7, 11) is 0. The van der Waals surface area contributed by atoms with Crippen LogP contribution in [0.1, 0.15) is 67.4 Å². The predicted octanol–water partition coefficient (Wildman–Crippen LogP) is 3.80. The Morgan fingerprint density at radius 3 is 2.66 bits per heavy atom. The van der Waals surface area contributed by atoms with Crippen LogP contribution in [0.4, 0.5) is 17.3 Å². The van der Waals surface area contributed by atoms with Gasteiger partial charge < -0.3 is 20.3 Å². The Bertz CT molecular complexity index is 1540. The maximum Gasteiger partial charge on any atom is 0.263 e. The summed E-state index contributed by atoms with van der Waals surface area (Å²) in [4.78, 5) is 40.5. The predicted molar refractivity (Wildman–Crippen MR) is 160 cm³/mol. The molecule has 0 spiro atoms. The summed E-state index contributed by atoms with van der Waals surface area (Å²) in [5.74, 6) is 1.07. The van der Waals surface area contributed by atoms with Crippen LogP contribution in [0.25, 0.3) is 11.0 Å². The van der Waals surface area contributed by atoms with Gasteiger partial charge in [0.2, 0.25) is 5.95 Å². The fourth-order valence-corrected chi connectivity index (χ4v) is 7.41. The van der Waals surface area contributed by atoms with Crippen molar-refractivity contribution in [3.05, 3.63) is 45.9 Å². The van der Waals surface area contributed by atoms with Crippen LogP contribution in [0.5, 0.6) is 5.75 Å². The number of nitrogens with zero attached hydrogens (tertiary/aromatic N) is 5. The number of aromatic nitrogens is 3. The van der Waals surface area contributed by atoms with Gasteiger partial charge in [-0.1, -0.05) is 12.8 Å². The smallest absolute Gasteiger partial charge is 0.263 e. The number of hydrogen-bond acceptors (Lipinski definition) is 9. The van der Waals surface area contributed by atoms with Crippen molar-refractivity contribution in [3.8, 4) is 5.75 Å². The van der Waals surface area contributed by atoms with Gasteiger partial charge in [0.25, 0.3) is 5.56 Å². The van der Waals surface area contributed by atoms with Crippen molar-refractivity contribution in [2.45, 2.75) is 70.5 Å². The number of carbonyl (C=O) groups is 1. The van der Waals surface area contributed by atoms with E-state index in [4.69, 9.17) is 9.72 Å². The zero-order chi connectivity index (χ0) is 28.1. The lowest BCUT2D eigenvalue weighted by atomic mass is 10.0. The Morgan fingerprint density at radius 2 is 1.88 bits per heavy atom. The second-order valence-electron chi connectivity index (χ2n) is 12.0. The van der Waals surface area contributed by atoms with E-state index in [1.54, 1.807) is 10.8 Å². The number of ether oxygens (including phenoxy) is 1. The molecule has 2 aromatic heterocycles. The summed E-state index contributed by atoms with van der Waals surface area (Å²) in [6, 6.07) is 7.29. The van der Waals surface area contributed by atoms with Crippen molar-refractivity contribution < 1.29 is 9.53 Å². The van der Waals surface area contributed by atoms with E-state index in [1.165, 1.54) is 19.8 Å². The second-order valence-corrected chi connectivity index (χ2v) is 12.0. The monoisotopic (exact) mass is 557 g/mol. The van der Waals surface area contributed by atoms with E-state index in [-0.39, 0.29) is 22.9 Å². The molecule has 216 valence electrons. The molecule has 0 amide bonds. The number of ketones is 1. The maximum absolute atomic E-state index is 13.5. The SMILES string of the molecule is CC(=O)c1c(C)c2cnc(Nc3ccc4c(c3)OC[C@@H]3CN(C5CCNCC5)CCN43)nc2n(C2CCCC2)c1=O. The Hall–Kier alpha value is -3.50. The number of Topliss-reactive ketones (excluding diaryl/α,β-unsaturated/α-hetero) is 1. The van der Waals surface area contributed by atoms with Crippen LogP contribution in [0.3, 0.4) is 0 Å². The molecule has 2 saturated heterocycles. The van der Waals surface area contributed by atoms with E-state index < -0.39 is 0 Å². The molecule has 1 atom stereocenters. The lowest BCUT2D eigenvalue weighted by Crippen LogP contribution is -2.60. The first-order valence-electron chi connectivity index (χ1n) is 15.2. The Morgan fingerprint density at radius 1 is 1.07 bits per heavy atom. The molecule has 2 N–H and O–H groups in total. The maximum atomic E-state index is 13.5. The van der Waals surface area contributed by atoms with Crippen LogP contribution in [0, 0.1) is 6.92 Å². The van der Waals surface area contributed by atoms with E-state index in [0.717, 1.165) is 80.9 Å². The number of fused-ring (bicyclic) bond motifs is 4. The number of pyridine rings is 1. The molecule has 10 heteroatoms. The first-order chi connectivity index (χ1) is 20.0. The van der Waals surface area contributed by atoms with Crippen LogP contribution in [-0.4, -0.2) is 76.6 Å². The van der Waals surface area contributed by atoms with E-state index in [2.05, 4.69) is 31.5 Å². The van der Waals surface area contributed by atoms with Crippen molar-refractivity contribution in [3.63, 3.8) is 0 Å². The summed E-state index contributed by atoms with van der Waals surface area (Å²) in [5.41, 5.74) is 3.22. The zero-order valence-corrected chi connectivity index (χ0v) is 24.0. The number of aryl methyl sites for hydroxylation is 1. The van der Waals surface area contributed by atoms with E-state index in [9.17, 15) is 9.59 Å². The van der Waals surface area contributed by atoms with Gasteiger partial charge in [0.05, 0.1) is 17.3 Å². The summed E-state index contributed by atoms with van der Waals surface area (Å²) in [6.45, 7) is 9.31. The Kier molecular flexibility index (Phi) is 6.90. The summed E-state index contributed by atoms with van der Waals surface area (Å²) < 4.78 is 8.04. The fourth-order valence-electron chi connectivity index (χ4n) is 7.41. The number of rotatable bonds is 5. The molecule has 3 aliphatic heterocycles. The standard InChI is InChI=1S/C31H39N7O3/c1-19-25-16-33-31(35-29(25)38(23-5-3-4-6-23)30(40)28(19)20(2)39)34-21-7-8-26-27(15-21)41-18-24-17-36(13-14-37(24)26)22-9-11-32-12-10-22/h7-8,15-16,22-24,32H,3-6,9-14,17-18H2,1-2H3,(H,33,34,35)/t24-/m0/s1. The van der Waals surface area contributed by atoms with E-state index in [1.807, 2.05) is 19.1 Å². The number of benzene rings is 1. The molecule has 41 heavy (non-hydrogen) atoms. The molecule has 0 unspecified atom stereocenters. The van der Waals surface area contributed by atoms with Crippen LogP contribution in [-0.2, 0) is 0 Å². The third-order valence-electron chi connectivity index (χ3n) is 9.55. The second kappa shape index (κ2) is 10.7. The normalized spacial score (nSPS) is 21.9. The topological polar surface area (TPSA) is 105 Å². The minimum absolute atomic E-state index is 0.0480. The molecule has 4 aliphatic rings. The van der Waals surface area contributed by atoms with Crippen LogP contribution in [0.2, 0.25) is 0 Å². The molecule has 3 aromatic rings. The van der Waals surface area contributed by atoms with Crippen LogP contribution in [0.15, 0.2) is 29.2 Å². The van der Waals surface area contributed by atoms with Crippen molar-refractivity contribution in [1.29, 1.82) is 0 Å². The average molecular weight is 558 g/mol. The number of piperazine rings is 1. The lowest BCUT2D eigenvalue weighted by molar-refractivity contribution is 0.101. The van der Waals surface area contributed by atoms with Gasteiger partial charge in [0.15, 0.2) is 5.78 Å². The molecule has 1 aromatic carbocycles. The van der Waals surface area contributed by atoms with Gasteiger partial charge in [-0.05, 0) is 70.3 Å². The first kappa shape index (κ1) is 26.4. The Labute approximate surface area is 240 Å². The molecule has 0 bridgehead atoms. The molecule has 1 saturated carbocycles. The van der Waals surface area contributed by atoms with Crippen molar-refractivity contribution in [1.82, 2.24) is 24.8 Å². The molecular formula is C31H39N7O3. The minimum Gasteiger partial charge on any atom is -0.489 e. The zero-order valence-electron chi connectivity index (χ0n) is 24.0. The number of carbonyl (C=O) groups excluding carboxylic acids is 1. The highest BCUT2D eigenvalue weighted by Gasteiger charge is 2.35. The third kappa shape index (κ3) is 4.76. The lowest BCUT2D eigenvalue weighted by Gasteiger charge is -2.48. The average Bonchev–Trinajstić information content (AvgIpc) is 3.51. The number of piperidine rings is 1. The van der Waals surface area contributed by atoms with Gasteiger partial charge in [-0.2, -0.15) is 4.98 Å². The van der Waals surface area contributed by atoms with Gasteiger partial charge in [-0.3, -0.25) is 19.1 Å². The highest BCUT2D eigenvalue weighted by molar-refractivity contribution is 5.99. The third-order valence-corrected chi connectivity index (χ3v) is 9.55. The van der Waals surface area contributed by atoms with Gasteiger partial charge in [0, 0.05) is 55.1 Å². The summed E-state index contributed by atoms with van der Waals surface area (Å²) in [5, 5.41) is 7.57. The summed E-state index contributed by atoms with van der Waals surface area (Å²) >= 11 is 0. The highest BCUT2D eigenvalue weighted by Crippen LogP contribution is 2.38. The number of hydrogen-bond donors (Lipinski definition) is 2. The molecule has 5 heterocycles. The molecule has 10 nitrogen and oxygen atoms in total. The van der Waals surface area contributed by atoms with E-state index >= 15 is 0 Å². The first-order valence-corrected chi connectivity index (χ1v) is 15.2. The molecule has 0 radical (unpaired) electrons. The van der Waals surface area contributed by atoms with Gasteiger partial charge in [-0.15, -0.1) is 0 Å².